The highest BCUT2D eigenvalue weighted by Gasteiger charge is 2.41. The Balaban J connectivity index is 1.55. The van der Waals surface area contributed by atoms with Gasteiger partial charge in [-0.05, 0) is 43.5 Å². The number of hydrogen-bond donors (Lipinski definition) is 1. The number of fused-ring (bicyclic) bond motifs is 1. The van der Waals surface area contributed by atoms with E-state index in [0.29, 0.717) is 18.2 Å². The molecule has 1 aliphatic heterocycles. The molecule has 1 unspecified atom stereocenters. The molecule has 0 saturated carbocycles. The molecule has 0 radical (unpaired) electrons. The molecule has 1 amide bonds. The first-order valence-electron chi connectivity index (χ1n) is 8.32. The number of amides is 1. The van der Waals surface area contributed by atoms with Crippen LogP contribution in [-0.4, -0.2) is 40.0 Å². The van der Waals surface area contributed by atoms with Crippen molar-refractivity contribution >= 4 is 33.3 Å². The van der Waals surface area contributed by atoms with E-state index in [2.05, 4.69) is 20.5 Å². The van der Waals surface area contributed by atoms with Gasteiger partial charge in [0.05, 0.1) is 22.7 Å². The number of anilines is 1. The summed E-state index contributed by atoms with van der Waals surface area (Å²) in [6.07, 6.45) is 2.37. The molecule has 1 atom stereocenters. The number of carbonyl (C=O) groups excluding carboxylic acids is 1. The number of thiazole rings is 1. The van der Waals surface area contributed by atoms with E-state index in [9.17, 15) is 9.18 Å². The molecule has 26 heavy (non-hydrogen) atoms. The number of carbonyl (C=O) groups is 1. The normalized spacial score (nSPS) is 20.2. The molecule has 0 aliphatic carbocycles. The standard InChI is InChI=1S/C18H17FN4O2S/c1-11-7-13-8-12(3-4-14(13)23-22-11)15-9-20-17(26-15)21-16(24)18(19)5-2-6-25-10-18/h3-4,7-9H,2,5-6,10H2,1H3,(H,20,21,24). The van der Waals surface area contributed by atoms with Crippen molar-refractivity contribution in [1.29, 1.82) is 0 Å². The molecule has 1 saturated heterocycles. The van der Waals surface area contributed by atoms with Gasteiger partial charge in [-0.15, -0.1) is 0 Å². The van der Waals surface area contributed by atoms with E-state index in [0.717, 1.165) is 27.0 Å². The maximum Gasteiger partial charge on any atom is 0.266 e. The van der Waals surface area contributed by atoms with Crippen molar-refractivity contribution in [3.8, 4) is 10.4 Å². The third-order valence-electron chi connectivity index (χ3n) is 4.32. The largest absolute Gasteiger partial charge is 0.378 e. The second-order valence-corrected chi connectivity index (χ2v) is 7.40. The topological polar surface area (TPSA) is 77.0 Å². The highest BCUT2D eigenvalue weighted by atomic mass is 32.1. The van der Waals surface area contributed by atoms with E-state index in [1.807, 2.05) is 31.2 Å². The second-order valence-electron chi connectivity index (χ2n) is 6.36. The lowest BCUT2D eigenvalue weighted by atomic mass is 9.98. The van der Waals surface area contributed by atoms with E-state index < -0.39 is 11.6 Å². The predicted octanol–water partition coefficient (Wildman–Crippen LogP) is 3.52. The summed E-state index contributed by atoms with van der Waals surface area (Å²) < 4.78 is 19.7. The van der Waals surface area contributed by atoms with E-state index >= 15 is 0 Å². The van der Waals surface area contributed by atoms with Gasteiger partial charge in [0, 0.05) is 18.2 Å². The smallest absolute Gasteiger partial charge is 0.266 e. The zero-order chi connectivity index (χ0) is 18.1. The summed E-state index contributed by atoms with van der Waals surface area (Å²) in [5.41, 5.74) is 0.631. The van der Waals surface area contributed by atoms with Gasteiger partial charge in [-0.25, -0.2) is 9.37 Å². The van der Waals surface area contributed by atoms with Crippen molar-refractivity contribution in [2.75, 3.05) is 18.5 Å². The molecule has 2 aromatic heterocycles. The van der Waals surface area contributed by atoms with Crippen molar-refractivity contribution < 1.29 is 13.9 Å². The first kappa shape index (κ1) is 17.0. The number of aryl methyl sites for hydroxylation is 1. The molecule has 3 heterocycles. The average molecular weight is 372 g/mol. The Morgan fingerprint density at radius 1 is 1.35 bits per heavy atom. The summed E-state index contributed by atoms with van der Waals surface area (Å²) in [6.45, 7) is 2.18. The summed E-state index contributed by atoms with van der Waals surface area (Å²) in [4.78, 5) is 17.3. The number of halogens is 1. The predicted molar refractivity (Wildman–Crippen MR) is 97.9 cm³/mol. The Morgan fingerprint density at radius 3 is 3.04 bits per heavy atom. The maximum atomic E-state index is 14.6. The van der Waals surface area contributed by atoms with Crippen LogP contribution in [0.3, 0.4) is 0 Å². The Bertz CT molecular complexity index is 969. The van der Waals surface area contributed by atoms with Crippen LogP contribution in [-0.2, 0) is 9.53 Å². The number of alkyl halides is 1. The summed E-state index contributed by atoms with van der Waals surface area (Å²) in [6, 6.07) is 7.79. The van der Waals surface area contributed by atoms with Crippen LogP contribution in [0, 0.1) is 6.92 Å². The number of benzene rings is 1. The van der Waals surface area contributed by atoms with Crippen molar-refractivity contribution in [1.82, 2.24) is 15.2 Å². The van der Waals surface area contributed by atoms with Crippen molar-refractivity contribution in [3.63, 3.8) is 0 Å². The summed E-state index contributed by atoms with van der Waals surface area (Å²) in [7, 11) is 0. The first-order chi connectivity index (χ1) is 12.5. The Morgan fingerprint density at radius 2 is 2.23 bits per heavy atom. The van der Waals surface area contributed by atoms with Gasteiger partial charge in [0.1, 0.15) is 0 Å². The fourth-order valence-electron chi connectivity index (χ4n) is 2.92. The Kier molecular flexibility index (Phi) is 4.37. The molecule has 0 bridgehead atoms. The van der Waals surface area contributed by atoms with Gasteiger partial charge >= 0.3 is 0 Å². The van der Waals surface area contributed by atoms with E-state index in [1.165, 1.54) is 11.3 Å². The second kappa shape index (κ2) is 6.69. The molecule has 4 rings (SSSR count). The lowest BCUT2D eigenvalue weighted by molar-refractivity contribution is -0.136. The van der Waals surface area contributed by atoms with Crippen molar-refractivity contribution in [3.05, 3.63) is 36.2 Å². The number of hydrogen-bond acceptors (Lipinski definition) is 6. The van der Waals surface area contributed by atoms with Gasteiger partial charge in [-0.2, -0.15) is 10.2 Å². The molecule has 1 aliphatic rings. The number of nitrogens with one attached hydrogen (secondary N) is 1. The Labute approximate surface area is 153 Å². The average Bonchev–Trinajstić information content (AvgIpc) is 3.10. The van der Waals surface area contributed by atoms with E-state index in [-0.39, 0.29) is 13.0 Å². The van der Waals surface area contributed by atoms with Crippen LogP contribution in [0.15, 0.2) is 30.5 Å². The summed E-state index contributed by atoms with van der Waals surface area (Å²) in [5, 5.41) is 12.1. The van der Waals surface area contributed by atoms with Gasteiger partial charge < -0.3 is 4.74 Å². The van der Waals surface area contributed by atoms with E-state index in [4.69, 9.17) is 4.74 Å². The van der Waals surface area contributed by atoms with Crippen LogP contribution in [0.4, 0.5) is 9.52 Å². The molecule has 8 heteroatoms. The molecule has 1 aromatic carbocycles. The van der Waals surface area contributed by atoms with Crippen LogP contribution < -0.4 is 5.32 Å². The van der Waals surface area contributed by atoms with Gasteiger partial charge in [-0.1, -0.05) is 17.4 Å². The highest BCUT2D eigenvalue weighted by molar-refractivity contribution is 7.19. The lowest BCUT2D eigenvalue weighted by Gasteiger charge is -2.27. The first-order valence-corrected chi connectivity index (χ1v) is 9.14. The fraction of sp³-hybridized carbons (Fsp3) is 0.333. The van der Waals surface area contributed by atoms with Gasteiger partial charge in [-0.3, -0.25) is 10.1 Å². The van der Waals surface area contributed by atoms with Crippen LogP contribution >= 0.6 is 11.3 Å². The zero-order valence-electron chi connectivity index (χ0n) is 14.2. The minimum Gasteiger partial charge on any atom is -0.378 e. The number of nitrogens with zero attached hydrogens (tertiary/aromatic N) is 3. The number of aromatic nitrogens is 3. The molecule has 0 spiro atoms. The molecular formula is C18H17FN4O2S. The lowest BCUT2D eigenvalue weighted by Crippen LogP contribution is -2.45. The van der Waals surface area contributed by atoms with Crippen LogP contribution in [0.2, 0.25) is 0 Å². The van der Waals surface area contributed by atoms with Crippen molar-refractivity contribution in [2.45, 2.75) is 25.4 Å². The highest BCUT2D eigenvalue weighted by Crippen LogP contribution is 2.32. The van der Waals surface area contributed by atoms with Crippen LogP contribution in [0.25, 0.3) is 21.3 Å². The van der Waals surface area contributed by atoms with E-state index in [1.54, 1.807) is 6.20 Å². The summed E-state index contributed by atoms with van der Waals surface area (Å²) in [5.74, 6) is -0.692. The van der Waals surface area contributed by atoms with Gasteiger partial charge in [0.25, 0.3) is 5.91 Å². The third kappa shape index (κ3) is 3.30. The van der Waals surface area contributed by atoms with Crippen molar-refractivity contribution in [2.24, 2.45) is 0 Å². The number of rotatable bonds is 3. The molecule has 6 nitrogen and oxygen atoms in total. The molecule has 1 fully saturated rings. The van der Waals surface area contributed by atoms with Crippen LogP contribution in [0.1, 0.15) is 18.5 Å². The molecular weight excluding hydrogens is 355 g/mol. The Hall–Kier alpha value is -2.45. The third-order valence-corrected chi connectivity index (χ3v) is 5.28. The minimum absolute atomic E-state index is 0.169. The van der Waals surface area contributed by atoms with Gasteiger partial charge in [0.2, 0.25) is 5.67 Å². The maximum absolute atomic E-state index is 14.6. The summed E-state index contributed by atoms with van der Waals surface area (Å²) >= 11 is 1.30. The zero-order valence-corrected chi connectivity index (χ0v) is 15.0. The quantitative estimate of drug-likeness (QED) is 0.761. The number of ether oxygens (including phenoxy) is 1. The minimum atomic E-state index is -1.98. The SMILES string of the molecule is Cc1cc2cc(-c3cnc(NC(=O)C4(F)CCCOC4)s3)ccc2nn1. The molecule has 1 N–H and O–H groups in total. The fourth-order valence-corrected chi connectivity index (χ4v) is 3.72. The molecule has 3 aromatic rings. The van der Waals surface area contributed by atoms with Gasteiger partial charge in [0.15, 0.2) is 5.13 Å². The molecule has 134 valence electrons. The van der Waals surface area contributed by atoms with Crippen LogP contribution in [0.5, 0.6) is 0 Å². The monoisotopic (exact) mass is 372 g/mol.